The number of aryl methyl sites for hydroxylation is 1. The lowest BCUT2D eigenvalue weighted by atomic mass is 10.3. The van der Waals surface area contributed by atoms with E-state index in [1.807, 2.05) is 19.2 Å². The topological polar surface area (TPSA) is 31.2 Å². The van der Waals surface area contributed by atoms with Crippen LogP contribution in [0.3, 0.4) is 0 Å². The maximum absolute atomic E-state index is 11.6. The highest BCUT2D eigenvalue weighted by atomic mass is 79.9. The Morgan fingerprint density at radius 3 is 3.07 bits per heavy atom. The van der Waals surface area contributed by atoms with Crippen LogP contribution in [0.5, 0.6) is 0 Å². The first-order valence-corrected chi connectivity index (χ1v) is 5.49. The van der Waals surface area contributed by atoms with Gasteiger partial charge in [0.05, 0.1) is 17.7 Å². The van der Waals surface area contributed by atoms with Gasteiger partial charge < -0.3 is 9.30 Å². The van der Waals surface area contributed by atoms with Crippen LogP contribution in [0, 0.1) is 6.92 Å². The van der Waals surface area contributed by atoms with Gasteiger partial charge in [-0.2, -0.15) is 0 Å². The van der Waals surface area contributed by atoms with E-state index in [1.54, 1.807) is 10.6 Å². The summed E-state index contributed by atoms with van der Waals surface area (Å²) in [6.45, 7) is 7.09. The molecule has 0 spiro atoms. The van der Waals surface area contributed by atoms with Crippen LogP contribution in [0.4, 0.5) is 0 Å². The Bertz CT molecular complexity index is 398. The molecule has 0 saturated heterocycles. The van der Waals surface area contributed by atoms with E-state index in [2.05, 4.69) is 22.5 Å². The van der Waals surface area contributed by atoms with E-state index in [0.717, 1.165) is 5.56 Å². The summed E-state index contributed by atoms with van der Waals surface area (Å²) in [5.41, 5.74) is 1.02. The van der Waals surface area contributed by atoms with Crippen LogP contribution in [0.25, 0.3) is 0 Å². The van der Waals surface area contributed by atoms with Gasteiger partial charge >= 0.3 is 0 Å². The third kappa shape index (κ3) is 3.64. The molecule has 15 heavy (non-hydrogen) atoms. The van der Waals surface area contributed by atoms with Crippen molar-refractivity contribution in [3.63, 3.8) is 0 Å². The molecule has 4 heteroatoms. The Morgan fingerprint density at radius 2 is 2.40 bits per heavy atom. The molecule has 0 radical (unpaired) electrons. The van der Waals surface area contributed by atoms with Crippen LogP contribution >= 0.6 is 15.9 Å². The average molecular weight is 272 g/mol. The third-order valence-electron chi connectivity index (χ3n) is 1.89. The van der Waals surface area contributed by atoms with Gasteiger partial charge in [-0.1, -0.05) is 6.08 Å². The highest BCUT2D eigenvalue weighted by Crippen LogP contribution is 2.05. The molecular formula is C11H14BrNO2. The predicted molar refractivity (Wildman–Crippen MR) is 64.2 cm³/mol. The summed E-state index contributed by atoms with van der Waals surface area (Å²) in [5, 5.41) is 0. The largest absolute Gasteiger partial charge is 0.376 e. The van der Waals surface area contributed by atoms with Gasteiger partial charge in [0.1, 0.15) is 0 Å². The summed E-state index contributed by atoms with van der Waals surface area (Å²) in [5.74, 6) is 0. The minimum absolute atomic E-state index is 0.0252. The molecule has 1 aromatic rings. The fourth-order valence-electron chi connectivity index (χ4n) is 1.24. The number of pyridine rings is 1. The van der Waals surface area contributed by atoms with Crippen molar-refractivity contribution in [3.8, 4) is 0 Å². The van der Waals surface area contributed by atoms with Gasteiger partial charge in [-0.15, -0.1) is 6.58 Å². The molecular weight excluding hydrogens is 258 g/mol. The monoisotopic (exact) mass is 271 g/mol. The Labute approximate surface area is 97.5 Å². The number of hydrogen-bond donors (Lipinski definition) is 0. The number of ether oxygens (including phenoxy) is 1. The van der Waals surface area contributed by atoms with Gasteiger partial charge in [-0.25, -0.2) is 0 Å². The second kappa shape index (κ2) is 5.88. The van der Waals surface area contributed by atoms with Gasteiger partial charge in [0.2, 0.25) is 0 Å². The molecule has 0 aliphatic heterocycles. The first-order valence-electron chi connectivity index (χ1n) is 4.70. The molecule has 0 aliphatic rings. The molecule has 1 aromatic heterocycles. The van der Waals surface area contributed by atoms with Crippen molar-refractivity contribution in [1.29, 1.82) is 0 Å². The summed E-state index contributed by atoms with van der Waals surface area (Å²) in [7, 11) is 0. The lowest BCUT2D eigenvalue weighted by Crippen LogP contribution is -2.22. The zero-order chi connectivity index (χ0) is 11.3. The normalized spacial score (nSPS) is 10.3. The molecule has 0 unspecified atom stereocenters. The second-order valence-electron chi connectivity index (χ2n) is 3.23. The van der Waals surface area contributed by atoms with Crippen LogP contribution in [-0.2, 0) is 11.3 Å². The second-order valence-corrected chi connectivity index (χ2v) is 4.08. The van der Waals surface area contributed by atoms with E-state index >= 15 is 0 Å². The maximum atomic E-state index is 11.6. The first-order chi connectivity index (χ1) is 7.15. The Hall–Kier alpha value is -0.870. The summed E-state index contributed by atoms with van der Waals surface area (Å²) >= 11 is 3.23. The number of hydrogen-bond acceptors (Lipinski definition) is 2. The zero-order valence-electron chi connectivity index (χ0n) is 8.70. The Morgan fingerprint density at radius 1 is 1.67 bits per heavy atom. The lowest BCUT2D eigenvalue weighted by molar-refractivity contribution is 0.152. The van der Waals surface area contributed by atoms with E-state index in [0.29, 0.717) is 24.2 Å². The number of rotatable bonds is 5. The van der Waals surface area contributed by atoms with Crippen LogP contribution in [0.2, 0.25) is 0 Å². The molecule has 3 nitrogen and oxygen atoms in total. The number of aromatic nitrogens is 1. The van der Waals surface area contributed by atoms with Crippen molar-refractivity contribution in [2.45, 2.75) is 13.5 Å². The molecule has 1 heterocycles. The average Bonchev–Trinajstić information content (AvgIpc) is 2.19. The van der Waals surface area contributed by atoms with E-state index in [1.165, 1.54) is 0 Å². The smallest absolute Gasteiger partial charge is 0.264 e. The van der Waals surface area contributed by atoms with Gasteiger partial charge in [0.25, 0.3) is 5.56 Å². The van der Waals surface area contributed by atoms with Crippen LogP contribution in [-0.4, -0.2) is 17.8 Å². The van der Waals surface area contributed by atoms with Crippen molar-refractivity contribution in [1.82, 2.24) is 4.57 Å². The van der Waals surface area contributed by atoms with Gasteiger partial charge in [-0.05, 0) is 34.5 Å². The minimum atomic E-state index is -0.0252. The molecule has 0 amide bonds. The van der Waals surface area contributed by atoms with Crippen molar-refractivity contribution >= 4 is 15.9 Å². The Kier molecular flexibility index (Phi) is 4.78. The molecule has 0 N–H and O–H groups in total. The predicted octanol–water partition coefficient (Wildman–Crippen LogP) is 2.12. The third-order valence-corrected chi connectivity index (χ3v) is 2.46. The molecule has 0 fully saturated rings. The molecule has 1 rings (SSSR count). The van der Waals surface area contributed by atoms with E-state index in [-0.39, 0.29) is 5.56 Å². The fourth-order valence-corrected chi connectivity index (χ4v) is 1.83. The molecule has 0 aliphatic carbocycles. The lowest BCUT2D eigenvalue weighted by Gasteiger charge is -2.07. The molecule has 0 bridgehead atoms. The minimum Gasteiger partial charge on any atom is -0.376 e. The maximum Gasteiger partial charge on any atom is 0.264 e. The van der Waals surface area contributed by atoms with E-state index < -0.39 is 0 Å². The van der Waals surface area contributed by atoms with Gasteiger partial charge in [0.15, 0.2) is 0 Å². The number of halogens is 1. The SMILES string of the molecule is C=CCOCCn1cc(C)cc(Br)c1=O. The molecule has 0 saturated carbocycles. The van der Waals surface area contributed by atoms with E-state index in [4.69, 9.17) is 4.74 Å². The van der Waals surface area contributed by atoms with Crippen molar-refractivity contribution in [3.05, 3.63) is 45.3 Å². The Balaban J connectivity index is 2.68. The van der Waals surface area contributed by atoms with Gasteiger partial charge in [-0.3, -0.25) is 4.79 Å². The summed E-state index contributed by atoms with van der Waals surface area (Å²) in [6, 6.07) is 1.81. The standard InChI is InChI=1S/C11H14BrNO2/c1-3-5-15-6-4-13-8-9(2)7-10(12)11(13)14/h3,7-8H,1,4-6H2,2H3. The summed E-state index contributed by atoms with van der Waals surface area (Å²) < 4.78 is 7.46. The van der Waals surface area contributed by atoms with Crippen LogP contribution in [0.1, 0.15) is 5.56 Å². The molecule has 0 atom stereocenters. The molecule has 0 aromatic carbocycles. The van der Waals surface area contributed by atoms with Crippen molar-refractivity contribution in [2.75, 3.05) is 13.2 Å². The molecule has 82 valence electrons. The number of nitrogens with zero attached hydrogens (tertiary/aromatic N) is 1. The van der Waals surface area contributed by atoms with Crippen LogP contribution < -0.4 is 5.56 Å². The summed E-state index contributed by atoms with van der Waals surface area (Å²) in [6.07, 6.45) is 3.51. The first kappa shape index (κ1) is 12.2. The van der Waals surface area contributed by atoms with Crippen molar-refractivity contribution < 1.29 is 4.74 Å². The highest BCUT2D eigenvalue weighted by Gasteiger charge is 2.01. The quantitative estimate of drug-likeness (QED) is 0.607. The van der Waals surface area contributed by atoms with Gasteiger partial charge in [0, 0.05) is 12.7 Å². The summed E-state index contributed by atoms with van der Waals surface area (Å²) in [4.78, 5) is 11.6. The van der Waals surface area contributed by atoms with Crippen LogP contribution in [0.15, 0.2) is 34.2 Å². The zero-order valence-corrected chi connectivity index (χ0v) is 10.3. The van der Waals surface area contributed by atoms with Crippen molar-refractivity contribution in [2.24, 2.45) is 0 Å². The van der Waals surface area contributed by atoms with E-state index in [9.17, 15) is 4.79 Å². The highest BCUT2D eigenvalue weighted by molar-refractivity contribution is 9.10. The fraction of sp³-hybridized carbons (Fsp3) is 0.364.